The maximum atomic E-state index is 4.78. The third-order valence-corrected chi connectivity index (χ3v) is 0. The maximum absolute atomic E-state index is 4.78. The first-order valence-electron chi connectivity index (χ1n) is 0.866. The van der Waals surface area contributed by atoms with Crippen molar-refractivity contribution < 1.29 is 0 Å². The summed E-state index contributed by atoms with van der Waals surface area (Å²) < 4.78 is 0. The minimum absolute atomic E-state index is 0.361. The number of nitrogens with two attached hydrogens (primary N) is 1. The molecule has 0 fully saturated rings. The zero-order valence-electron chi connectivity index (χ0n) is 2.23. The monoisotopic (exact) mass is 75.0 g/mol. The minimum Gasteiger partial charge on any atom is -0.394 e. The lowest BCUT2D eigenvalue weighted by Gasteiger charge is -1.68. The van der Waals surface area contributed by atoms with Gasteiger partial charge in [0.05, 0.1) is 5.03 Å². The Balaban J connectivity index is 2.80. The molecule has 0 aromatic rings. The van der Waals surface area contributed by atoms with Crippen LogP contribution < -0.4 is 5.73 Å². The molecule has 2 N–H and O–H groups in total. The summed E-state index contributed by atoms with van der Waals surface area (Å²) in [6, 6.07) is 0. The molecule has 0 amide bonds. The quantitative estimate of drug-likeness (QED) is 0.399. The van der Waals surface area contributed by atoms with Gasteiger partial charge in [-0.25, -0.2) is 0 Å². The summed E-state index contributed by atoms with van der Waals surface area (Å²) in [6.45, 7) is 3.20. The standard InChI is InChI=1S/C2H5NS/c1-2(3)4/h4H,1,3H2. The van der Waals surface area contributed by atoms with Crippen molar-refractivity contribution >= 4 is 12.6 Å². The predicted molar refractivity (Wildman–Crippen MR) is 22.3 cm³/mol. The van der Waals surface area contributed by atoms with Crippen molar-refractivity contribution in [1.82, 2.24) is 0 Å². The van der Waals surface area contributed by atoms with E-state index < -0.39 is 0 Å². The number of rotatable bonds is 0. The molecule has 1 nitrogen and oxygen atoms in total. The fraction of sp³-hybridized carbons (Fsp3) is 0. The van der Waals surface area contributed by atoms with Crippen LogP contribution in [0.5, 0.6) is 0 Å². The second-order valence-electron chi connectivity index (χ2n) is 0.491. The highest BCUT2D eigenvalue weighted by Crippen LogP contribution is 1.74. The molecule has 0 saturated heterocycles. The van der Waals surface area contributed by atoms with Crippen molar-refractivity contribution in [1.29, 1.82) is 0 Å². The molecule has 2 heteroatoms. The molecule has 0 saturated carbocycles. The molecule has 0 unspecified atom stereocenters. The molecule has 0 aliphatic carbocycles. The van der Waals surface area contributed by atoms with Crippen molar-refractivity contribution in [3.05, 3.63) is 11.6 Å². The normalized spacial score (nSPS) is 6.25. The molecule has 0 aliphatic rings. The largest absolute Gasteiger partial charge is 0.394 e. The average molecular weight is 75.1 g/mol. The summed E-state index contributed by atoms with van der Waals surface area (Å²) in [6.07, 6.45) is 0. The van der Waals surface area contributed by atoms with Crippen LogP contribution in [0.1, 0.15) is 0 Å². The molecule has 0 spiro atoms. The Morgan fingerprint density at radius 3 is 2.00 bits per heavy atom. The first-order chi connectivity index (χ1) is 1.73. The Kier molecular flexibility index (Phi) is 1.20. The summed E-state index contributed by atoms with van der Waals surface area (Å²) in [5.74, 6) is 0. The van der Waals surface area contributed by atoms with E-state index in [0.717, 1.165) is 0 Å². The van der Waals surface area contributed by atoms with Crippen molar-refractivity contribution in [2.45, 2.75) is 0 Å². The summed E-state index contributed by atoms with van der Waals surface area (Å²) in [4.78, 5) is 0. The van der Waals surface area contributed by atoms with Crippen molar-refractivity contribution in [2.24, 2.45) is 5.73 Å². The lowest BCUT2D eigenvalue weighted by Crippen LogP contribution is -1.80. The molecule has 0 atom stereocenters. The molecule has 0 aliphatic heterocycles. The van der Waals surface area contributed by atoms with Gasteiger partial charge < -0.3 is 5.73 Å². The maximum Gasteiger partial charge on any atom is 0.0550 e. The van der Waals surface area contributed by atoms with Crippen molar-refractivity contribution in [3.8, 4) is 0 Å². The molecule has 4 heavy (non-hydrogen) atoms. The summed E-state index contributed by atoms with van der Waals surface area (Å²) >= 11 is 3.55. The van der Waals surface area contributed by atoms with Crippen LogP contribution in [0.15, 0.2) is 11.6 Å². The lowest BCUT2D eigenvalue weighted by atomic mass is 11.1. The Morgan fingerprint density at radius 1 is 2.00 bits per heavy atom. The summed E-state index contributed by atoms with van der Waals surface area (Å²) in [5, 5.41) is 0.361. The lowest BCUT2D eigenvalue weighted by molar-refractivity contribution is 1.59. The van der Waals surface area contributed by atoms with E-state index in [-0.39, 0.29) is 0 Å². The first-order valence-corrected chi connectivity index (χ1v) is 1.31. The Bertz CT molecular complexity index is 29.0. The number of thiol groups is 1. The summed E-state index contributed by atoms with van der Waals surface area (Å²) in [5.41, 5.74) is 4.78. The van der Waals surface area contributed by atoms with Crippen LogP contribution in [0.3, 0.4) is 0 Å². The third-order valence-electron chi connectivity index (χ3n) is 0. The molecule has 0 aromatic carbocycles. The van der Waals surface area contributed by atoms with Gasteiger partial charge in [0.25, 0.3) is 0 Å². The van der Waals surface area contributed by atoms with Gasteiger partial charge in [-0.15, -0.1) is 12.6 Å². The molecular weight excluding hydrogens is 70.1 g/mol. The number of hydrogen-bond acceptors (Lipinski definition) is 2. The molecule has 0 bridgehead atoms. The Morgan fingerprint density at radius 2 is 2.00 bits per heavy atom. The van der Waals surface area contributed by atoms with Gasteiger partial charge >= 0.3 is 0 Å². The average Bonchev–Trinajstić information content (AvgIpc) is 0.811. The number of hydrogen-bond donors (Lipinski definition) is 2. The molecule has 0 rings (SSSR count). The van der Waals surface area contributed by atoms with Crippen LogP contribution in [0.25, 0.3) is 0 Å². The minimum atomic E-state index is 0.361. The Labute approximate surface area is 30.9 Å². The summed E-state index contributed by atoms with van der Waals surface area (Å²) in [7, 11) is 0. The molecule has 24 valence electrons. The second-order valence-corrected chi connectivity index (χ2v) is 1.07. The van der Waals surface area contributed by atoms with Crippen LogP contribution in [0.2, 0.25) is 0 Å². The van der Waals surface area contributed by atoms with E-state index in [1.807, 2.05) is 0 Å². The smallest absolute Gasteiger partial charge is 0.0550 e. The van der Waals surface area contributed by atoms with Crippen LogP contribution in [0.4, 0.5) is 0 Å². The van der Waals surface area contributed by atoms with Crippen molar-refractivity contribution in [2.75, 3.05) is 0 Å². The fourth-order valence-electron chi connectivity index (χ4n) is 0. The van der Waals surface area contributed by atoms with Gasteiger partial charge in [0.15, 0.2) is 0 Å². The topological polar surface area (TPSA) is 26.0 Å². The van der Waals surface area contributed by atoms with Gasteiger partial charge in [0.1, 0.15) is 0 Å². The molecule has 0 heterocycles. The van der Waals surface area contributed by atoms with E-state index in [2.05, 4.69) is 19.2 Å². The molecular formula is C2H5NS. The van der Waals surface area contributed by atoms with Crippen molar-refractivity contribution in [3.63, 3.8) is 0 Å². The third kappa shape index (κ3) is 124. The molecule has 0 radical (unpaired) electrons. The van der Waals surface area contributed by atoms with E-state index in [1.54, 1.807) is 0 Å². The first kappa shape index (κ1) is 3.89. The SMILES string of the molecule is C=C(N)S. The van der Waals surface area contributed by atoms with E-state index >= 15 is 0 Å². The van der Waals surface area contributed by atoms with Gasteiger partial charge in [-0.2, -0.15) is 0 Å². The van der Waals surface area contributed by atoms with Gasteiger partial charge in [-0.05, 0) is 0 Å². The van der Waals surface area contributed by atoms with E-state index in [1.165, 1.54) is 0 Å². The van der Waals surface area contributed by atoms with Crippen LogP contribution in [0, 0.1) is 0 Å². The highest BCUT2D eigenvalue weighted by atomic mass is 32.1. The van der Waals surface area contributed by atoms with Crippen LogP contribution in [-0.2, 0) is 0 Å². The van der Waals surface area contributed by atoms with Gasteiger partial charge in [0.2, 0.25) is 0 Å². The highest BCUT2D eigenvalue weighted by molar-refractivity contribution is 7.84. The van der Waals surface area contributed by atoms with Crippen LogP contribution in [-0.4, -0.2) is 0 Å². The van der Waals surface area contributed by atoms with Gasteiger partial charge in [0, 0.05) is 0 Å². The zero-order chi connectivity index (χ0) is 3.58. The zero-order valence-corrected chi connectivity index (χ0v) is 3.13. The predicted octanol–water partition coefficient (Wildman–Crippen LogP) is 0.346. The van der Waals surface area contributed by atoms with E-state index in [9.17, 15) is 0 Å². The van der Waals surface area contributed by atoms with Gasteiger partial charge in [-0.1, -0.05) is 6.58 Å². The van der Waals surface area contributed by atoms with E-state index in [4.69, 9.17) is 5.73 Å². The fourth-order valence-corrected chi connectivity index (χ4v) is 0. The van der Waals surface area contributed by atoms with Crippen LogP contribution >= 0.6 is 12.6 Å². The van der Waals surface area contributed by atoms with E-state index in [0.29, 0.717) is 5.03 Å². The highest BCUT2D eigenvalue weighted by Gasteiger charge is 1.51. The molecule has 0 aromatic heterocycles. The second kappa shape index (κ2) is 1.24. The Hall–Kier alpha value is -0.110. The van der Waals surface area contributed by atoms with Gasteiger partial charge in [-0.3, -0.25) is 0 Å².